The van der Waals surface area contributed by atoms with E-state index in [1.54, 1.807) is 12.1 Å². The molecule has 2 nitrogen and oxygen atoms in total. The first-order chi connectivity index (χ1) is 7.98. The fourth-order valence-corrected chi connectivity index (χ4v) is 2.26. The van der Waals surface area contributed by atoms with Crippen LogP contribution in [0.1, 0.15) is 20.3 Å². The Bertz CT molecular complexity index is 406. The van der Waals surface area contributed by atoms with Gasteiger partial charge in [-0.1, -0.05) is 11.6 Å². The van der Waals surface area contributed by atoms with Gasteiger partial charge in [0.05, 0.1) is 5.02 Å². The third-order valence-electron chi connectivity index (χ3n) is 3.26. The molecule has 1 aromatic carbocycles. The van der Waals surface area contributed by atoms with Crippen LogP contribution >= 0.6 is 11.6 Å². The minimum atomic E-state index is -0.358. The Balaban J connectivity index is 2.14. The zero-order chi connectivity index (χ0) is 12.5. The Morgan fingerprint density at radius 1 is 1.35 bits per heavy atom. The van der Waals surface area contributed by atoms with Crippen LogP contribution in [0.5, 0.6) is 0 Å². The van der Waals surface area contributed by atoms with E-state index >= 15 is 0 Å². The lowest BCUT2D eigenvalue weighted by molar-refractivity contribution is 0.394. The Kier molecular flexibility index (Phi) is 3.59. The lowest BCUT2D eigenvalue weighted by Crippen LogP contribution is -2.39. The van der Waals surface area contributed by atoms with Gasteiger partial charge in [-0.05, 0) is 38.5 Å². The quantitative estimate of drug-likeness (QED) is 0.831. The second-order valence-electron chi connectivity index (χ2n) is 5.15. The van der Waals surface area contributed by atoms with Crippen molar-refractivity contribution in [2.24, 2.45) is 0 Å². The Hall–Kier alpha value is -0.800. The Labute approximate surface area is 107 Å². The van der Waals surface area contributed by atoms with Gasteiger partial charge in [0.2, 0.25) is 0 Å². The third-order valence-corrected chi connectivity index (χ3v) is 3.55. The first-order valence-corrected chi connectivity index (χ1v) is 6.31. The van der Waals surface area contributed by atoms with E-state index in [0.717, 1.165) is 31.7 Å². The molecule has 0 bridgehead atoms. The van der Waals surface area contributed by atoms with Gasteiger partial charge in [0.25, 0.3) is 0 Å². The van der Waals surface area contributed by atoms with Crippen molar-refractivity contribution in [1.82, 2.24) is 5.32 Å². The topological polar surface area (TPSA) is 15.3 Å². The number of benzene rings is 1. The maximum Gasteiger partial charge on any atom is 0.141 e. The average molecular weight is 257 g/mol. The predicted molar refractivity (Wildman–Crippen MR) is 70.3 cm³/mol. The van der Waals surface area contributed by atoms with Gasteiger partial charge in [-0.15, -0.1) is 0 Å². The fraction of sp³-hybridized carbons (Fsp3) is 0.538. The molecule has 94 valence electrons. The van der Waals surface area contributed by atoms with Crippen LogP contribution in [0.4, 0.5) is 10.1 Å². The van der Waals surface area contributed by atoms with Crippen LogP contribution in [0.2, 0.25) is 5.02 Å². The maximum atomic E-state index is 13.1. The maximum absolute atomic E-state index is 13.1. The molecule has 0 unspecified atom stereocenters. The molecule has 0 saturated carbocycles. The molecule has 4 heteroatoms. The predicted octanol–water partition coefficient (Wildman–Crippen LogP) is 3.06. The molecule has 1 aliphatic rings. The van der Waals surface area contributed by atoms with Crippen molar-refractivity contribution >= 4 is 17.3 Å². The fourth-order valence-electron chi connectivity index (χ4n) is 2.08. The molecule has 1 N–H and O–H groups in total. The second-order valence-corrected chi connectivity index (χ2v) is 5.55. The summed E-state index contributed by atoms with van der Waals surface area (Å²) in [4.78, 5) is 2.24. The molecular weight excluding hydrogens is 239 g/mol. The lowest BCUT2D eigenvalue weighted by atomic mass is 10.0. The van der Waals surface area contributed by atoms with Crippen molar-refractivity contribution in [3.05, 3.63) is 29.0 Å². The van der Waals surface area contributed by atoms with Crippen LogP contribution in [-0.2, 0) is 0 Å². The van der Waals surface area contributed by atoms with Crippen molar-refractivity contribution in [3.8, 4) is 0 Å². The van der Waals surface area contributed by atoms with Crippen LogP contribution in [0.25, 0.3) is 0 Å². The van der Waals surface area contributed by atoms with E-state index in [2.05, 4.69) is 24.1 Å². The van der Waals surface area contributed by atoms with Gasteiger partial charge in [-0.25, -0.2) is 4.39 Å². The van der Waals surface area contributed by atoms with E-state index in [1.807, 2.05) is 0 Å². The average Bonchev–Trinajstić information content (AvgIpc) is 2.44. The van der Waals surface area contributed by atoms with Gasteiger partial charge in [0, 0.05) is 30.9 Å². The molecule has 17 heavy (non-hydrogen) atoms. The molecule has 2 rings (SSSR count). The van der Waals surface area contributed by atoms with Crippen LogP contribution < -0.4 is 10.2 Å². The number of halogens is 2. The molecule has 1 saturated heterocycles. The first kappa shape index (κ1) is 12.7. The highest BCUT2D eigenvalue weighted by Gasteiger charge is 2.22. The summed E-state index contributed by atoms with van der Waals surface area (Å²) in [5.74, 6) is -0.358. The zero-order valence-electron chi connectivity index (χ0n) is 10.3. The van der Waals surface area contributed by atoms with Crippen LogP contribution in [0, 0.1) is 5.82 Å². The summed E-state index contributed by atoms with van der Waals surface area (Å²) in [6.45, 7) is 7.22. The molecule has 1 aromatic rings. The Morgan fingerprint density at radius 3 is 2.82 bits per heavy atom. The highest BCUT2D eigenvalue weighted by molar-refractivity contribution is 6.31. The number of nitrogens with one attached hydrogen (secondary N) is 1. The molecule has 1 heterocycles. The minimum Gasteiger partial charge on any atom is -0.370 e. The van der Waals surface area contributed by atoms with Gasteiger partial charge < -0.3 is 10.2 Å². The summed E-state index contributed by atoms with van der Waals surface area (Å²) in [5, 5.41) is 3.69. The summed E-state index contributed by atoms with van der Waals surface area (Å²) in [5.41, 5.74) is 1.16. The van der Waals surface area contributed by atoms with Gasteiger partial charge in [0.15, 0.2) is 0 Å². The Morgan fingerprint density at radius 2 is 2.12 bits per heavy atom. The second kappa shape index (κ2) is 4.83. The standard InChI is InChI=1S/C13H18ClFN2/c1-13(2)5-7-17(8-6-16-13)10-3-4-12(15)11(14)9-10/h3-4,9,16H,5-8H2,1-2H3. The van der Waals surface area contributed by atoms with Gasteiger partial charge in [-0.3, -0.25) is 0 Å². The van der Waals surface area contributed by atoms with E-state index in [0.29, 0.717) is 0 Å². The van der Waals surface area contributed by atoms with Crippen molar-refractivity contribution in [1.29, 1.82) is 0 Å². The van der Waals surface area contributed by atoms with Crippen molar-refractivity contribution in [3.63, 3.8) is 0 Å². The van der Waals surface area contributed by atoms with Crippen LogP contribution in [0.3, 0.4) is 0 Å². The lowest BCUT2D eigenvalue weighted by Gasteiger charge is -2.24. The smallest absolute Gasteiger partial charge is 0.141 e. The molecule has 0 spiro atoms. The molecule has 1 fully saturated rings. The van der Waals surface area contributed by atoms with Gasteiger partial charge >= 0.3 is 0 Å². The first-order valence-electron chi connectivity index (χ1n) is 5.93. The number of nitrogens with zero attached hydrogens (tertiary/aromatic N) is 1. The van der Waals surface area contributed by atoms with E-state index in [-0.39, 0.29) is 16.4 Å². The molecule has 0 atom stereocenters. The summed E-state index contributed by atoms with van der Waals surface area (Å²) >= 11 is 5.81. The summed E-state index contributed by atoms with van der Waals surface area (Å²) < 4.78 is 13.1. The number of hydrogen-bond donors (Lipinski definition) is 1. The molecular formula is C13H18ClFN2. The monoisotopic (exact) mass is 256 g/mol. The van der Waals surface area contributed by atoms with E-state index < -0.39 is 0 Å². The van der Waals surface area contributed by atoms with E-state index in [9.17, 15) is 4.39 Å². The number of hydrogen-bond acceptors (Lipinski definition) is 2. The minimum absolute atomic E-state index is 0.165. The summed E-state index contributed by atoms with van der Waals surface area (Å²) in [7, 11) is 0. The van der Waals surface area contributed by atoms with Crippen molar-refractivity contribution in [2.45, 2.75) is 25.8 Å². The third kappa shape index (κ3) is 3.11. The highest BCUT2D eigenvalue weighted by Crippen LogP contribution is 2.24. The van der Waals surface area contributed by atoms with E-state index in [4.69, 9.17) is 11.6 Å². The molecule has 0 aliphatic carbocycles. The van der Waals surface area contributed by atoms with Crippen LogP contribution in [-0.4, -0.2) is 25.2 Å². The molecule has 0 amide bonds. The molecule has 0 radical (unpaired) electrons. The number of anilines is 1. The SMILES string of the molecule is CC1(C)CCN(c2ccc(F)c(Cl)c2)CCN1. The van der Waals surface area contributed by atoms with Gasteiger partial charge in [-0.2, -0.15) is 0 Å². The van der Waals surface area contributed by atoms with Crippen molar-refractivity contribution < 1.29 is 4.39 Å². The number of rotatable bonds is 1. The van der Waals surface area contributed by atoms with Crippen molar-refractivity contribution in [2.75, 3.05) is 24.5 Å². The molecule has 1 aliphatic heterocycles. The normalized spacial score (nSPS) is 20.1. The van der Waals surface area contributed by atoms with E-state index in [1.165, 1.54) is 6.07 Å². The molecule has 0 aromatic heterocycles. The van der Waals surface area contributed by atoms with Gasteiger partial charge in [0.1, 0.15) is 5.82 Å². The highest BCUT2D eigenvalue weighted by atomic mass is 35.5. The summed E-state index contributed by atoms with van der Waals surface area (Å²) in [6, 6.07) is 4.93. The van der Waals surface area contributed by atoms with Crippen LogP contribution in [0.15, 0.2) is 18.2 Å². The zero-order valence-corrected chi connectivity index (χ0v) is 11.0. The largest absolute Gasteiger partial charge is 0.370 e. The summed E-state index contributed by atoms with van der Waals surface area (Å²) in [6.07, 6.45) is 1.06.